The molecule has 162 valence electrons. The van der Waals surface area contributed by atoms with Crippen LogP contribution in [-0.2, 0) is 6.54 Å². The molecule has 0 saturated carbocycles. The zero-order chi connectivity index (χ0) is 22.3. The Morgan fingerprint density at radius 3 is 2.81 bits per heavy atom. The van der Waals surface area contributed by atoms with Crippen LogP contribution in [0.25, 0.3) is 0 Å². The summed E-state index contributed by atoms with van der Waals surface area (Å²) in [6.45, 7) is 0.631. The van der Waals surface area contributed by atoms with Gasteiger partial charge in [-0.05, 0) is 47.2 Å². The smallest absolute Gasteiger partial charge is 0.300 e. The average molecular weight is 439 g/mol. The van der Waals surface area contributed by atoms with Crippen molar-refractivity contribution in [1.82, 2.24) is 4.90 Å². The third-order valence-corrected chi connectivity index (χ3v) is 5.42. The number of nitrogens with two attached hydrogens (primary N) is 1. The molecular formula is C22H18F3N6O+. The molecule has 2 atom stereocenters. The van der Waals surface area contributed by atoms with Gasteiger partial charge < -0.3 is 4.42 Å². The van der Waals surface area contributed by atoms with E-state index in [2.05, 4.69) is 26.9 Å². The summed E-state index contributed by atoms with van der Waals surface area (Å²) in [5.74, 6) is 11.0. The second kappa shape index (κ2) is 7.87. The number of halogens is 3. The molecule has 7 nitrogen and oxygen atoms in total. The van der Waals surface area contributed by atoms with E-state index in [0.717, 1.165) is 12.8 Å². The highest BCUT2D eigenvalue weighted by Gasteiger charge is 2.39. The van der Waals surface area contributed by atoms with Crippen LogP contribution in [0, 0.1) is 29.3 Å². The number of hydrogen-bond donors (Lipinski definition) is 1. The van der Waals surface area contributed by atoms with Crippen molar-refractivity contribution in [3.8, 4) is 11.8 Å². The minimum absolute atomic E-state index is 0.00407. The third kappa shape index (κ3) is 3.78. The van der Waals surface area contributed by atoms with Crippen molar-refractivity contribution >= 4 is 17.9 Å². The zero-order valence-electron chi connectivity index (χ0n) is 16.8. The fourth-order valence-corrected chi connectivity index (χ4v) is 3.82. The summed E-state index contributed by atoms with van der Waals surface area (Å²) in [6, 6.07) is 4.61. The normalized spacial score (nSPS) is 24.5. The molecule has 3 aliphatic rings. The summed E-state index contributed by atoms with van der Waals surface area (Å²) < 4.78 is 46.2. The Balaban J connectivity index is 1.35. The molecule has 1 aromatic carbocycles. The molecule has 2 N–H and O–H groups in total. The maximum Gasteiger partial charge on any atom is 0.300 e. The van der Waals surface area contributed by atoms with Crippen LogP contribution in [0.2, 0.25) is 0 Å². The first-order chi connectivity index (χ1) is 15.4. The van der Waals surface area contributed by atoms with Crippen molar-refractivity contribution < 1.29 is 22.3 Å². The molecule has 1 fully saturated rings. The van der Waals surface area contributed by atoms with Crippen molar-refractivity contribution in [2.24, 2.45) is 20.9 Å². The van der Waals surface area contributed by atoms with E-state index in [4.69, 9.17) is 10.3 Å². The highest BCUT2D eigenvalue weighted by Crippen LogP contribution is 2.24. The second-order valence-electron chi connectivity index (χ2n) is 7.63. The number of hydrogen-bond acceptors (Lipinski definition) is 6. The molecule has 2 aromatic rings. The minimum atomic E-state index is -0.940. The number of furan rings is 1. The maximum absolute atomic E-state index is 14.1. The largest absolute Gasteiger partial charge is 0.461 e. The SMILES string of the molecule is N[N@@+]12C=C(C#CC3CCCN3Cc3c(F)cc(F)cc3F)N=CC1=NC(c1ccco1)=N2. The predicted octanol–water partition coefficient (Wildman–Crippen LogP) is 3.05. The van der Waals surface area contributed by atoms with Crippen LogP contribution in [0.1, 0.15) is 24.2 Å². The summed E-state index contributed by atoms with van der Waals surface area (Å²) >= 11 is 0. The second-order valence-corrected chi connectivity index (χ2v) is 7.63. The molecule has 0 aliphatic carbocycles. The number of rotatable bonds is 3. The van der Waals surface area contributed by atoms with Crippen molar-refractivity contribution in [2.75, 3.05) is 6.54 Å². The molecule has 5 rings (SSSR count). The number of amidine groups is 2. The summed E-state index contributed by atoms with van der Waals surface area (Å²) in [5, 5.41) is 4.39. The van der Waals surface area contributed by atoms with Gasteiger partial charge in [-0.15, -0.1) is 5.84 Å². The molecule has 4 heterocycles. The number of benzene rings is 1. The van der Waals surface area contributed by atoms with E-state index in [0.29, 0.717) is 41.8 Å². The molecule has 3 aliphatic heterocycles. The van der Waals surface area contributed by atoms with E-state index < -0.39 is 22.2 Å². The van der Waals surface area contributed by atoms with Crippen molar-refractivity contribution in [3.63, 3.8) is 0 Å². The topological polar surface area (TPSA) is 79.5 Å². The lowest BCUT2D eigenvalue weighted by atomic mass is 10.1. The van der Waals surface area contributed by atoms with Crippen molar-refractivity contribution in [1.29, 1.82) is 0 Å². The summed E-state index contributed by atoms with van der Waals surface area (Å²) in [4.78, 5) is 10.5. The zero-order valence-corrected chi connectivity index (χ0v) is 16.8. The molecule has 1 aromatic heterocycles. The van der Waals surface area contributed by atoms with Gasteiger partial charge in [0.15, 0.2) is 17.7 Å². The summed E-state index contributed by atoms with van der Waals surface area (Å²) in [5.41, 5.74) is 0.237. The molecule has 1 saturated heterocycles. The third-order valence-electron chi connectivity index (χ3n) is 5.42. The standard InChI is InChI=1S/C22H18F3N6O/c23-14-9-18(24)17(19(25)10-14)12-30-7-1-3-16(30)6-5-15-13-31(26)21(11-27-15)28-22(29-31)20-4-2-8-32-20/h2,4,8-11,13,16H,1,3,7,12,26H2/q+1/t16?,31-/m1/s1. The maximum atomic E-state index is 14.1. The molecule has 32 heavy (non-hydrogen) atoms. The fourth-order valence-electron chi connectivity index (χ4n) is 3.82. The molecule has 1 unspecified atom stereocenters. The lowest BCUT2D eigenvalue weighted by molar-refractivity contribution is -0.803. The highest BCUT2D eigenvalue weighted by atomic mass is 19.1. The van der Waals surface area contributed by atoms with Gasteiger partial charge in [-0.1, -0.05) is 5.92 Å². The number of fused-ring (bicyclic) bond motifs is 1. The van der Waals surface area contributed by atoms with Gasteiger partial charge in [0, 0.05) is 24.2 Å². The Kier molecular flexibility index (Phi) is 5.01. The summed E-state index contributed by atoms with van der Waals surface area (Å²) in [6.07, 6.45) is 6.16. The van der Waals surface area contributed by atoms with Crippen LogP contribution in [0.5, 0.6) is 0 Å². The first-order valence-electron chi connectivity index (χ1n) is 9.98. The van der Waals surface area contributed by atoms with Crippen molar-refractivity contribution in [3.05, 3.63) is 71.2 Å². The van der Waals surface area contributed by atoms with Gasteiger partial charge in [-0.3, -0.25) is 4.90 Å². The Hall–Kier alpha value is -3.52. The van der Waals surface area contributed by atoms with Crippen LogP contribution in [0.4, 0.5) is 13.2 Å². The molecule has 0 radical (unpaired) electrons. The number of nitrogens with zero attached hydrogens (tertiary/aromatic N) is 5. The van der Waals surface area contributed by atoms with Gasteiger partial charge in [0.05, 0.1) is 12.3 Å². The van der Waals surface area contributed by atoms with Crippen LogP contribution in [0.15, 0.2) is 61.9 Å². The van der Waals surface area contributed by atoms with E-state index in [1.165, 1.54) is 12.5 Å². The van der Waals surface area contributed by atoms with E-state index in [-0.39, 0.29) is 18.2 Å². The Morgan fingerprint density at radius 2 is 2.06 bits per heavy atom. The number of quaternary nitrogens is 1. The summed E-state index contributed by atoms with van der Waals surface area (Å²) in [7, 11) is 0. The Labute approximate surface area is 181 Å². The van der Waals surface area contributed by atoms with Gasteiger partial charge in [0.25, 0.3) is 11.7 Å². The fraction of sp³-hybridized carbons (Fsp3) is 0.227. The van der Waals surface area contributed by atoms with Gasteiger partial charge in [-0.25, -0.2) is 18.2 Å². The van der Waals surface area contributed by atoms with E-state index in [9.17, 15) is 13.2 Å². The van der Waals surface area contributed by atoms with Gasteiger partial charge in [0.2, 0.25) is 0 Å². The van der Waals surface area contributed by atoms with Gasteiger partial charge in [-0.2, -0.15) is 4.99 Å². The van der Waals surface area contributed by atoms with Crippen molar-refractivity contribution in [2.45, 2.75) is 25.4 Å². The van der Waals surface area contributed by atoms with Crippen LogP contribution in [0.3, 0.4) is 0 Å². The predicted molar refractivity (Wildman–Crippen MR) is 111 cm³/mol. The molecule has 0 amide bonds. The average Bonchev–Trinajstić information content (AvgIpc) is 3.47. The number of aliphatic imine (C=N–C) groups is 2. The van der Waals surface area contributed by atoms with E-state index in [1.54, 1.807) is 18.3 Å². The monoisotopic (exact) mass is 439 g/mol. The minimum Gasteiger partial charge on any atom is -0.461 e. The number of allylic oxidation sites excluding steroid dienone is 1. The quantitative estimate of drug-likeness (QED) is 0.454. The lowest BCUT2D eigenvalue weighted by Crippen LogP contribution is -2.50. The number of likely N-dealkylation sites (tertiary alicyclic amines) is 1. The molecule has 10 heteroatoms. The van der Waals surface area contributed by atoms with E-state index >= 15 is 0 Å². The van der Waals surface area contributed by atoms with Gasteiger partial charge >= 0.3 is 0 Å². The van der Waals surface area contributed by atoms with Gasteiger partial charge in [0.1, 0.15) is 23.7 Å². The molecular weight excluding hydrogens is 421 g/mol. The lowest BCUT2D eigenvalue weighted by Gasteiger charge is -2.21. The first kappa shape index (κ1) is 20.4. The van der Waals surface area contributed by atoms with Crippen LogP contribution < -0.4 is 5.84 Å². The Morgan fingerprint density at radius 1 is 1.25 bits per heavy atom. The first-order valence-corrected chi connectivity index (χ1v) is 9.98. The molecule has 0 spiro atoms. The van der Waals surface area contributed by atoms with E-state index in [1.807, 2.05) is 4.90 Å². The van der Waals surface area contributed by atoms with Crippen LogP contribution in [-0.4, -0.2) is 40.1 Å². The van der Waals surface area contributed by atoms with Crippen LogP contribution >= 0.6 is 0 Å². The molecule has 0 bridgehead atoms. The highest BCUT2D eigenvalue weighted by molar-refractivity contribution is 6.31. The Bertz CT molecular complexity index is 1230.